The highest BCUT2D eigenvalue weighted by molar-refractivity contribution is 6.10. The smallest absolute Gasteiger partial charge is 0.229 e. The van der Waals surface area contributed by atoms with Crippen LogP contribution >= 0.6 is 0 Å². The van der Waals surface area contributed by atoms with Crippen LogP contribution in [0.1, 0.15) is 22.8 Å². The van der Waals surface area contributed by atoms with Crippen molar-refractivity contribution in [1.29, 1.82) is 0 Å². The Kier molecular flexibility index (Phi) is 6.25. The maximum atomic E-state index is 5.79. The van der Waals surface area contributed by atoms with Gasteiger partial charge in [-0.05, 0) is 32.5 Å². The molecule has 2 aromatic rings. The first-order valence-electron chi connectivity index (χ1n) is 8.97. The van der Waals surface area contributed by atoms with Gasteiger partial charge in [0.25, 0.3) is 0 Å². The van der Waals surface area contributed by atoms with E-state index in [1.54, 1.807) is 6.07 Å². The number of nitrogens with two attached hydrogens (primary N) is 1. The molecule has 0 saturated carbocycles. The van der Waals surface area contributed by atoms with Gasteiger partial charge in [-0.2, -0.15) is 10.1 Å². The quantitative estimate of drug-likeness (QED) is 0.317. The normalized spacial score (nSPS) is 15.2. The van der Waals surface area contributed by atoms with Crippen LogP contribution in [0, 0.1) is 13.8 Å². The van der Waals surface area contributed by atoms with Gasteiger partial charge >= 0.3 is 0 Å². The van der Waals surface area contributed by atoms with E-state index in [1.165, 1.54) is 0 Å². The average molecular weight is 374 g/mol. The molecule has 0 atom stereocenters. The zero-order valence-corrected chi connectivity index (χ0v) is 16.0. The van der Waals surface area contributed by atoms with Crippen molar-refractivity contribution < 1.29 is 13.9 Å². The first kappa shape index (κ1) is 19.1. The zero-order valence-electron chi connectivity index (χ0n) is 16.0. The summed E-state index contributed by atoms with van der Waals surface area (Å²) in [5.74, 6) is 8.10. The van der Waals surface area contributed by atoms with Crippen molar-refractivity contribution in [2.45, 2.75) is 13.8 Å². The van der Waals surface area contributed by atoms with Crippen LogP contribution in [0.4, 0.5) is 5.95 Å². The number of likely N-dealkylation sites (N-methyl/N-ethyl adjacent to an activating group) is 1. The van der Waals surface area contributed by atoms with Gasteiger partial charge in [-0.15, -0.1) is 0 Å². The van der Waals surface area contributed by atoms with Crippen molar-refractivity contribution in [2.75, 3.05) is 51.4 Å². The molecule has 0 spiro atoms. The summed E-state index contributed by atoms with van der Waals surface area (Å²) in [5.41, 5.74) is 2.04. The molecule has 0 aromatic carbocycles. The number of hydrogen-bond acceptors (Lipinski definition) is 9. The Hall–Kier alpha value is -2.65. The van der Waals surface area contributed by atoms with E-state index in [1.807, 2.05) is 27.0 Å². The average Bonchev–Trinajstić information content (AvgIpc) is 3.01. The number of aromatic nitrogens is 2. The Morgan fingerprint density at radius 1 is 1.30 bits per heavy atom. The standard InChI is InChI=1S/C18H26N6O3/c1-12-10-15(27-13(12)2)17(23-19)14-11-16(26-7-4-20-3)22-18(21-14)24-5-8-25-9-6-24/h10-11,20H,4-9,19H2,1-3H3/b23-17+. The van der Waals surface area contributed by atoms with Crippen molar-refractivity contribution in [1.82, 2.24) is 15.3 Å². The fraction of sp³-hybridized carbons (Fsp3) is 0.500. The lowest BCUT2D eigenvalue weighted by Crippen LogP contribution is -2.37. The number of hydrogen-bond donors (Lipinski definition) is 2. The highest BCUT2D eigenvalue weighted by atomic mass is 16.5. The minimum atomic E-state index is 0.460. The van der Waals surface area contributed by atoms with Crippen molar-refractivity contribution in [3.8, 4) is 5.88 Å². The van der Waals surface area contributed by atoms with Crippen molar-refractivity contribution in [3.05, 3.63) is 34.9 Å². The molecule has 1 saturated heterocycles. The van der Waals surface area contributed by atoms with E-state index in [9.17, 15) is 0 Å². The van der Waals surface area contributed by atoms with E-state index in [4.69, 9.17) is 19.7 Å². The van der Waals surface area contributed by atoms with Crippen molar-refractivity contribution in [2.24, 2.45) is 10.9 Å². The predicted octanol–water partition coefficient (Wildman–Crippen LogP) is 0.832. The molecule has 2 aromatic heterocycles. The first-order valence-corrected chi connectivity index (χ1v) is 8.97. The van der Waals surface area contributed by atoms with Crippen LogP contribution in [0.5, 0.6) is 5.88 Å². The lowest BCUT2D eigenvalue weighted by Gasteiger charge is -2.27. The summed E-state index contributed by atoms with van der Waals surface area (Å²) >= 11 is 0. The SMILES string of the molecule is CNCCOc1cc(/C(=N\N)c2cc(C)c(C)o2)nc(N2CCOCC2)n1. The first-order chi connectivity index (χ1) is 13.1. The zero-order chi connectivity index (χ0) is 19.2. The van der Waals surface area contributed by atoms with Crippen LogP contribution in [0.3, 0.4) is 0 Å². The van der Waals surface area contributed by atoms with Gasteiger partial charge in [0.1, 0.15) is 18.1 Å². The van der Waals surface area contributed by atoms with Gasteiger partial charge in [0.2, 0.25) is 11.8 Å². The van der Waals surface area contributed by atoms with Gasteiger partial charge in [0.05, 0.1) is 13.2 Å². The summed E-state index contributed by atoms with van der Waals surface area (Å²) in [5, 5.41) is 6.97. The number of nitrogens with one attached hydrogen (secondary N) is 1. The van der Waals surface area contributed by atoms with E-state index < -0.39 is 0 Å². The van der Waals surface area contributed by atoms with E-state index in [2.05, 4.69) is 25.3 Å². The molecule has 0 aliphatic carbocycles. The van der Waals surface area contributed by atoms with Crippen LogP contribution in [0.15, 0.2) is 21.7 Å². The largest absolute Gasteiger partial charge is 0.476 e. The third-order valence-electron chi connectivity index (χ3n) is 4.36. The predicted molar refractivity (Wildman–Crippen MR) is 102 cm³/mol. The lowest BCUT2D eigenvalue weighted by molar-refractivity contribution is 0.122. The Morgan fingerprint density at radius 3 is 2.70 bits per heavy atom. The monoisotopic (exact) mass is 374 g/mol. The molecule has 0 amide bonds. The number of aryl methyl sites for hydroxylation is 2. The highest BCUT2D eigenvalue weighted by Crippen LogP contribution is 2.22. The third-order valence-corrected chi connectivity index (χ3v) is 4.36. The maximum Gasteiger partial charge on any atom is 0.229 e. The van der Waals surface area contributed by atoms with E-state index in [0.29, 0.717) is 68.4 Å². The van der Waals surface area contributed by atoms with Crippen LogP contribution in [0.2, 0.25) is 0 Å². The highest BCUT2D eigenvalue weighted by Gasteiger charge is 2.21. The van der Waals surface area contributed by atoms with E-state index in [-0.39, 0.29) is 0 Å². The van der Waals surface area contributed by atoms with Crippen LogP contribution in [-0.2, 0) is 4.74 Å². The fourth-order valence-electron chi connectivity index (χ4n) is 2.72. The molecular weight excluding hydrogens is 348 g/mol. The molecule has 0 bridgehead atoms. The minimum Gasteiger partial charge on any atom is -0.476 e. The molecule has 1 fully saturated rings. The Labute approximate surface area is 158 Å². The molecule has 3 heterocycles. The molecule has 3 N–H and O–H groups in total. The molecule has 9 heteroatoms. The molecule has 146 valence electrons. The lowest BCUT2D eigenvalue weighted by atomic mass is 10.2. The molecule has 1 aliphatic heterocycles. The minimum absolute atomic E-state index is 0.460. The molecular formula is C18H26N6O3. The third kappa shape index (κ3) is 4.55. The molecule has 0 unspecified atom stereocenters. The Morgan fingerprint density at radius 2 is 2.07 bits per heavy atom. The van der Waals surface area contributed by atoms with E-state index in [0.717, 1.165) is 11.3 Å². The van der Waals surface area contributed by atoms with Gasteiger partial charge in [-0.1, -0.05) is 0 Å². The van der Waals surface area contributed by atoms with Gasteiger partial charge in [0, 0.05) is 25.7 Å². The Bertz CT molecular complexity index is 779. The van der Waals surface area contributed by atoms with Gasteiger partial charge in [-0.25, -0.2) is 4.98 Å². The van der Waals surface area contributed by atoms with Crippen molar-refractivity contribution >= 4 is 11.7 Å². The Balaban J connectivity index is 1.97. The summed E-state index contributed by atoms with van der Waals surface area (Å²) in [6.45, 7) is 7.78. The number of morpholine rings is 1. The molecule has 1 aliphatic rings. The topological polar surface area (TPSA) is 111 Å². The number of rotatable bonds is 7. The molecule has 0 radical (unpaired) electrons. The van der Waals surface area contributed by atoms with Crippen LogP contribution < -0.4 is 20.8 Å². The number of hydrazone groups is 1. The molecule has 27 heavy (non-hydrogen) atoms. The summed E-state index contributed by atoms with van der Waals surface area (Å²) in [7, 11) is 1.87. The molecule has 3 rings (SSSR count). The second kappa shape index (κ2) is 8.83. The fourth-order valence-corrected chi connectivity index (χ4v) is 2.72. The number of ether oxygens (including phenoxy) is 2. The second-order valence-electron chi connectivity index (χ2n) is 6.27. The number of anilines is 1. The second-order valence-corrected chi connectivity index (χ2v) is 6.27. The van der Waals surface area contributed by atoms with Gasteiger partial charge in [-0.3, -0.25) is 0 Å². The molecule has 9 nitrogen and oxygen atoms in total. The number of nitrogens with zero attached hydrogens (tertiary/aromatic N) is 4. The number of furan rings is 1. The van der Waals surface area contributed by atoms with Gasteiger partial charge in [0.15, 0.2) is 11.5 Å². The van der Waals surface area contributed by atoms with Crippen LogP contribution in [-0.4, -0.2) is 62.2 Å². The van der Waals surface area contributed by atoms with Crippen LogP contribution in [0.25, 0.3) is 0 Å². The summed E-state index contributed by atoms with van der Waals surface area (Å²) in [6, 6.07) is 3.64. The summed E-state index contributed by atoms with van der Waals surface area (Å²) in [6.07, 6.45) is 0. The summed E-state index contributed by atoms with van der Waals surface area (Å²) < 4.78 is 17.0. The maximum absolute atomic E-state index is 5.79. The van der Waals surface area contributed by atoms with Crippen molar-refractivity contribution in [3.63, 3.8) is 0 Å². The van der Waals surface area contributed by atoms with Gasteiger partial charge < -0.3 is 30.0 Å². The summed E-state index contributed by atoms with van der Waals surface area (Å²) in [4.78, 5) is 11.3. The van der Waals surface area contributed by atoms with E-state index >= 15 is 0 Å².